The maximum Gasteiger partial charge on any atom is 0.349 e. The minimum Gasteiger partial charge on any atom is -0.497 e. The molecule has 0 aliphatic heterocycles. The molecule has 0 radical (unpaired) electrons. The van der Waals surface area contributed by atoms with Crippen LogP contribution >= 0.6 is 11.6 Å². The second-order valence-electron chi connectivity index (χ2n) is 6.42. The van der Waals surface area contributed by atoms with Gasteiger partial charge in [0.05, 0.1) is 7.11 Å². The first-order valence-corrected chi connectivity index (χ1v) is 9.00. The van der Waals surface area contributed by atoms with E-state index in [1.165, 1.54) is 6.92 Å². The van der Waals surface area contributed by atoms with Crippen LogP contribution in [0, 0.1) is 6.92 Å². The van der Waals surface area contributed by atoms with Crippen LogP contribution in [0.3, 0.4) is 0 Å². The second kappa shape index (κ2) is 7.94. The third-order valence-corrected chi connectivity index (χ3v) is 4.86. The summed E-state index contributed by atoms with van der Waals surface area (Å²) >= 11 is 5.97. The fourth-order valence-electron chi connectivity index (χ4n) is 3.32. The quantitative estimate of drug-likeness (QED) is 0.621. The van der Waals surface area contributed by atoms with Crippen molar-refractivity contribution in [1.82, 2.24) is 4.57 Å². The van der Waals surface area contributed by atoms with Crippen LogP contribution in [-0.2, 0) is 20.9 Å². The van der Waals surface area contributed by atoms with E-state index in [0.717, 1.165) is 11.1 Å². The van der Waals surface area contributed by atoms with E-state index >= 15 is 0 Å². The number of carboxylic acids is 1. The molecule has 0 spiro atoms. The minimum atomic E-state index is -1.40. The maximum atomic E-state index is 11.9. The maximum absolute atomic E-state index is 11.9. The van der Waals surface area contributed by atoms with Crippen molar-refractivity contribution in [2.24, 2.45) is 0 Å². The van der Waals surface area contributed by atoms with E-state index in [1.807, 2.05) is 35.8 Å². The topological polar surface area (TPSA) is 77.8 Å². The molecule has 1 atom stereocenters. The smallest absolute Gasteiger partial charge is 0.349 e. The normalized spacial score (nSPS) is 12.0. The predicted molar refractivity (Wildman–Crippen MR) is 106 cm³/mol. The summed E-state index contributed by atoms with van der Waals surface area (Å²) in [6.45, 7) is 3.52. The van der Waals surface area contributed by atoms with Crippen LogP contribution in [0.1, 0.15) is 29.8 Å². The summed E-state index contributed by atoms with van der Waals surface area (Å²) in [4.78, 5) is 23.4. The third kappa shape index (κ3) is 3.82. The molecule has 0 saturated carbocycles. The van der Waals surface area contributed by atoms with Crippen LogP contribution < -0.4 is 4.74 Å². The van der Waals surface area contributed by atoms with Gasteiger partial charge in [-0.15, -0.1) is 0 Å². The van der Waals surface area contributed by atoms with Crippen molar-refractivity contribution in [3.8, 4) is 5.75 Å². The van der Waals surface area contributed by atoms with Crippen molar-refractivity contribution in [2.45, 2.75) is 26.5 Å². The lowest BCUT2D eigenvalue weighted by atomic mass is 10.0. The molecular weight excluding hydrogens is 382 g/mol. The molecule has 0 bridgehead atoms. The van der Waals surface area contributed by atoms with Gasteiger partial charge in [0.25, 0.3) is 0 Å². The molecular formula is C21H20ClNO5. The van der Waals surface area contributed by atoms with E-state index in [1.54, 1.807) is 25.3 Å². The number of rotatable bonds is 6. The molecule has 3 rings (SSSR count). The Morgan fingerprint density at radius 2 is 1.86 bits per heavy atom. The van der Waals surface area contributed by atoms with Gasteiger partial charge in [-0.05, 0) is 42.8 Å². The first kappa shape index (κ1) is 19.8. The summed E-state index contributed by atoms with van der Waals surface area (Å²) in [6, 6.07) is 12.9. The van der Waals surface area contributed by atoms with Crippen molar-refractivity contribution in [1.29, 1.82) is 0 Å². The van der Waals surface area contributed by atoms with Gasteiger partial charge in [-0.3, -0.25) is 4.79 Å². The molecule has 0 amide bonds. The lowest BCUT2D eigenvalue weighted by Crippen LogP contribution is -2.19. The lowest BCUT2D eigenvalue weighted by molar-refractivity contribution is -0.163. The van der Waals surface area contributed by atoms with Crippen molar-refractivity contribution in [3.63, 3.8) is 0 Å². The van der Waals surface area contributed by atoms with Crippen molar-refractivity contribution in [3.05, 3.63) is 64.3 Å². The number of aromatic nitrogens is 1. The number of fused-ring (bicyclic) bond motifs is 1. The number of ether oxygens (including phenoxy) is 2. The molecule has 1 unspecified atom stereocenters. The van der Waals surface area contributed by atoms with E-state index in [0.29, 0.717) is 34.0 Å². The number of hydrogen-bond acceptors (Lipinski definition) is 4. The molecule has 0 saturated heterocycles. The van der Waals surface area contributed by atoms with E-state index < -0.39 is 18.0 Å². The first-order valence-electron chi connectivity index (χ1n) is 8.63. The Bertz CT molecular complexity index is 1040. The number of carbonyl (C=O) groups is 2. The van der Waals surface area contributed by atoms with Gasteiger partial charge >= 0.3 is 11.9 Å². The van der Waals surface area contributed by atoms with Gasteiger partial charge in [0.1, 0.15) is 5.75 Å². The van der Waals surface area contributed by atoms with E-state index in [9.17, 15) is 14.7 Å². The average Bonchev–Trinajstić information content (AvgIpc) is 2.92. The number of carboxylic acid groups (broad SMARTS) is 1. The number of carbonyl (C=O) groups excluding carboxylic acids is 1. The predicted octanol–water partition coefficient (Wildman–Crippen LogP) is 4.35. The van der Waals surface area contributed by atoms with Gasteiger partial charge in [0.2, 0.25) is 6.10 Å². The van der Waals surface area contributed by atoms with Gasteiger partial charge < -0.3 is 19.1 Å². The summed E-state index contributed by atoms with van der Waals surface area (Å²) in [5.41, 5.74) is 2.96. The molecule has 2 aromatic carbocycles. The standard InChI is InChI=1S/C21H20ClNO5/c1-12-19(20(21(25)26)28-13(2)24)17-10-16(27-3)8-9-18(17)23(12)11-14-4-6-15(22)7-5-14/h4-10,20H,11H2,1-3H3,(H,25,26). The summed E-state index contributed by atoms with van der Waals surface area (Å²) in [5, 5.41) is 11.0. The number of aliphatic carboxylic acids is 1. The third-order valence-electron chi connectivity index (χ3n) is 4.60. The molecule has 0 aliphatic rings. The average molecular weight is 402 g/mol. The highest BCUT2D eigenvalue weighted by molar-refractivity contribution is 6.30. The highest BCUT2D eigenvalue weighted by Crippen LogP contribution is 2.35. The van der Waals surface area contributed by atoms with Crippen LogP contribution in [0.25, 0.3) is 10.9 Å². The Morgan fingerprint density at radius 1 is 1.18 bits per heavy atom. The van der Waals surface area contributed by atoms with Crippen LogP contribution in [-0.4, -0.2) is 28.7 Å². The van der Waals surface area contributed by atoms with E-state index in [4.69, 9.17) is 21.1 Å². The largest absolute Gasteiger partial charge is 0.497 e. The van der Waals surface area contributed by atoms with Gasteiger partial charge in [0, 0.05) is 40.7 Å². The Kier molecular flexibility index (Phi) is 5.61. The number of halogens is 1. The molecule has 0 aliphatic carbocycles. The molecule has 146 valence electrons. The summed E-state index contributed by atoms with van der Waals surface area (Å²) in [7, 11) is 1.54. The zero-order chi connectivity index (χ0) is 20.4. The SMILES string of the molecule is COc1ccc2c(c1)c(C(OC(C)=O)C(=O)O)c(C)n2Cc1ccc(Cl)cc1. The van der Waals surface area contributed by atoms with E-state index in [2.05, 4.69) is 0 Å². The van der Waals surface area contributed by atoms with Crippen LogP contribution in [0.2, 0.25) is 5.02 Å². The zero-order valence-electron chi connectivity index (χ0n) is 15.7. The van der Waals surface area contributed by atoms with Crippen LogP contribution in [0.4, 0.5) is 0 Å². The highest BCUT2D eigenvalue weighted by Gasteiger charge is 2.30. The Balaban J connectivity index is 2.21. The van der Waals surface area contributed by atoms with Crippen molar-refractivity contribution in [2.75, 3.05) is 7.11 Å². The molecule has 6 nitrogen and oxygen atoms in total. The molecule has 7 heteroatoms. The fourth-order valence-corrected chi connectivity index (χ4v) is 3.45. The second-order valence-corrected chi connectivity index (χ2v) is 6.86. The summed E-state index contributed by atoms with van der Waals surface area (Å²) in [6.07, 6.45) is -1.40. The number of hydrogen-bond donors (Lipinski definition) is 1. The van der Waals surface area contributed by atoms with Gasteiger partial charge in [-0.25, -0.2) is 4.79 Å². The van der Waals surface area contributed by atoms with Gasteiger partial charge in [-0.1, -0.05) is 23.7 Å². The molecule has 1 N–H and O–H groups in total. The number of methoxy groups -OCH3 is 1. The van der Waals surface area contributed by atoms with Crippen LogP contribution in [0.5, 0.6) is 5.75 Å². The molecule has 1 heterocycles. The Hall–Kier alpha value is -2.99. The Labute approximate surface area is 167 Å². The zero-order valence-corrected chi connectivity index (χ0v) is 16.5. The molecule has 0 fully saturated rings. The van der Waals surface area contributed by atoms with Crippen LogP contribution in [0.15, 0.2) is 42.5 Å². The van der Waals surface area contributed by atoms with E-state index in [-0.39, 0.29) is 0 Å². The summed E-state index contributed by atoms with van der Waals surface area (Å²) in [5.74, 6) is -1.30. The fraction of sp³-hybridized carbons (Fsp3) is 0.238. The summed E-state index contributed by atoms with van der Waals surface area (Å²) < 4.78 is 12.4. The number of esters is 1. The highest BCUT2D eigenvalue weighted by atomic mass is 35.5. The molecule has 3 aromatic rings. The minimum absolute atomic E-state index is 0.436. The number of nitrogens with zero attached hydrogens (tertiary/aromatic N) is 1. The van der Waals surface area contributed by atoms with Crippen molar-refractivity contribution >= 4 is 34.4 Å². The van der Waals surface area contributed by atoms with Gasteiger partial charge in [0.15, 0.2) is 0 Å². The van der Waals surface area contributed by atoms with Gasteiger partial charge in [-0.2, -0.15) is 0 Å². The number of benzene rings is 2. The first-order chi connectivity index (χ1) is 13.3. The molecule has 1 aromatic heterocycles. The monoisotopic (exact) mass is 401 g/mol. The lowest BCUT2D eigenvalue weighted by Gasteiger charge is -2.14. The Morgan fingerprint density at radius 3 is 2.43 bits per heavy atom. The van der Waals surface area contributed by atoms with Crippen molar-refractivity contribution < 1.29 is 24.2 Å². The molecule has 28 heavy (non-hydrogen) atoms.